The molecule has 0 radical (unpaired) electrons. The summed E-state index contributed by atoms with van der Waals surface area (Å²) in [4.78, 5) is 11.6. The van der Waals surface area contributed by atoms with E-state index in [4.69, 9.17) is 5.11 Å². The molecule has 0 bridgehead atoms. The van der Waals surface area contributed by atoms with Gasteiger partial charge in [-0.25, -0.2) is 4.39 Å². The second-order valence-corrected chi connectivity index (χ2v) is 4.27. The van der Waals surface area contributed by atoms with Crippen LogP contribution in [0.15, 0.2) is 36.4 Å². The Labute approximate surface area is 98.2 Å². The summed E-state index contributed by atoms with van der Waals surface area (Å²) < 4.78 is 12.7. The fraction of sp³-hybridized carbons (Fsp3) is 0.308. The second-order valence-electron chi connectivity index (χ2n) is 4.27. The van der Waals surface area contributed by atoms with Gasteiger partial charge in [0.1, 0.15) is 11.4 Å². The van der Waals surface area contributed by atoms with Crippen molar-refractivity contribution in [2.45, 2.75) is 12.0 Å². The Balaban J connectivity index is 2.18. The van der Waals surface area contributed by atoms with Crippen LogP contribution in [0, 0.1) is 11.7 Å². The van der Waals surface area contributed by atoms with Crippen LogP contribution in [0.4, 0.5) is 4.39 Å². The van der Waals surface area contributed by atoms with Crippen molar-refractivity contribution in [3.05, 3.63) is 47.8 Å². The molecule has 0 heterocycles. The molecule has 90 valence electrons. The normalized spacial score (nSPS) is 27.7. The second kappa shape index (κ2) is 4.39. The first-order valence-corrected chi connectivity index (χ1v) is 5.36. The Morgan fingerprint density at radius 2 is 1.94 bits per heavy atom. The molecule has 1 aliphatic rings. The summed E-state index contributed by atoms with van der Waals surface area (Å²) in [6, 6.07) is 5.75. The van der Waals surface area contributed by atoms with E-state index in [1.807, 2.05) is 0 Å². The smallest absolute Gasteiger partial charge is 0.162 e. The molecule has 0 saturated heterocycles. The summed E-state index contributed by atoms with van der Waals surface area (Å²) in [5.74, 6) is -1.26. The molecule has 0 saturated carbocycles. The fourth-order valence-electron chi connectivity index (χ4n) is 2.00. The van der Waals surface area contributed by atoms with Gasteiger partial charge in [0.05, 0.1) is 12.5 Å². The summed E-state index contributed by atoms with van der Waals surface area (Å²) in [6.07, 6.45) is 2.89. The summed E-state index contributed by atoms with van der Waals surface area (Å²) in [5.41, 5.74) is -0.744. The van der Waals surface area contributed by atoms with E-state index in [0.29, 0.717) is 0 Å². The Morgan fingerprint density at radius 1 is 1.29 bits per heavy atom. The van der Waals surface area contributed by atoms with Crippen LogP contribution in [0.5, 0.6) is 0 Å². The van der Waals surface area contributed by atoms with Crippen molar-refractivity contribution >= 4 is 5.78 Å². The molecule has 17 heavy (non-hydrogen) atoms. The quantitative estimate of drug-likeness (QED) is 0.818. The number of hydrogen-bond donors (Lipinski definition) is 2. The van der Waals surface area contributed by atoms with Crippen molar-refractivity contribution in [2.24, 2.45) is 5.92 Å². The minimum Gasteiger partial charge on any atom is -0.393 e. The van der Waals surface area contributed by atoms with Gasteiger partial charge in [-0.2, -0.15) is 0 Å². The van der Waals surface area contributed by atoms with Crippen molar-refractivity contribution in [3.63, 3.8) is 0 Å². The number of carbonyl (C=O) groups excluding carboxylic acids is 1. The van der Waals surface area contributed by atoms with Gasteiger partial charge in [-0.1, -0.05) is 12.1 Å². The van der Waals surface area contributed by atoms with Gasteiger partial charge in [0.15, 0.2) is 5.78 Å². The summed E-state index contributed by atoms with van der Waals surface area (Å²) in [6.45, 7) is -0.499. The SMILES string of the molecule is O=C1C=C[C@@](O)(CO)C1Cc1ccc(F)cc1. The maximum atomic E-state index is 12.7. The van der Waals surface area contributed by atoms with Crippen LogP contribution in [-0.2, 0) is 11.2 Å². The highest BCUT2D eigenvalue weighted by Gasteiger charge is 2.42. The van der Waals surface area contributed by atoms with Crippen LogP contribution in [0.1, 0.15) is 5.56 Å². The highest BCUT2D eigenvalue weighted by molar-refractivity contribution is 5.96. The van der Waals surface area contributed by atoms with Crippen molar-refractivity contribution < 1.29 is 19.4 Å². The lowest BCUT2D eigenvalue weighted by atomic mass is 9.85. The van der Waals surface area contributed by atoms with Crippen molar-refractivity contribution in [1.82, 2.24) is 0 Å². The average molecular weight is 236 g/mol. The van der Waals surface area contributed by atoms with Gasteiger partial charge in [0.25, 0.3) is 0 Å². The number of benzene rings is 1. The van der Waals surface area contributed by atoms with E-state index < -0.39 is 18.1 Å². The predicted octanol–water partition coefficient (Wildman–Crippen LogP) is 0.847. The van der Waals surface area contributed by atoms with E-state index in [-0.39, 0.29) is 18.0 Å². The molecule has 2 N–H and O–H groups in total. The van der Waals surface area contributed by atoms with Crippen LogP contribution < -0.4 is 0 Å². The van der Waals surface area contributed by atoms with E-state index in [9.17, 15) is 14.3 Å². The molecule has 1 unspecified atom stereocenters. The molecule has 4 heteroatoms. The molecule has 0 fully saturated rings. The zero-order chi connectivity index (χ0) is 12.5. The average Bonchev–Trinajstić information content (AvgIpc) is 2.61. The summed E-state index contributed by atoms with van der Waals surface area (Å²) in [5, 5.41) is 19.1. The number of rotatable bonds is 3. The monoisotopic (exact) mass is 236 g/mol. The van der Waals surface area contributed by atoms with E-state index >= 15 is 0 Å². The third-order valence-electron chi connectivity index (χ3n) is 3.09. The fourth-order valence-corrected chi connectivity index (χ4v) is 2.00. The molecular formula is C13H13FO3. The van der Waals surface area contributed by atoms with Gasteiger partial charge in [0, 0.05) is 0 Å². The van der Waals surface area contributed by atoms with Gasteiger partial charge in [0.2, 0.25) is 0 Å². The molecule has 0 amide bonds. The Bertz CT molecular complexity index is 452. The molecule has 0 aliphatic heterocycles. The first-order chi connectivity index (χ1) is 8.05. The molecule has 1 aliphatic carbocycles. The molecule has 3 nitrogen and oxygen atoms in total. The molecular weight excluding hydrogens is 223 g/mol. The molecule has 1 aromatic carbocycles. The predicted molar refractivity (Wildman–Crippen MR) is 59.8 cm³/mol. The molecule has 2 rings (SSSR count). The van der Waals surface area contributed by atoms with E-state index in [1.165, 1.54) is 24.3 Å². The number of hydrogen-bond acceptors (Lipinski definition) is 3. The number of aliphatic hydroxyl groups is 2. The Hall–Kier alpha value is -1.52. The lowest BCUT2D eigenvalue weighted by Gasteiger charge is -2.25. The topological polar surface area (TPSA) is 57.5 Å². The van der Waals surface area contributed by atoms with Gasteiger partial charge in [-0.3, -0.25) is 4.79 Å². The maximum absolute atomic E-state index is 12.7. The third kappa shape index (κ3) is 2.28. The Kier molecular flexibility index (Phi) is 3.09. The van der Waals surface area contributed by atoms with Crippen molar-refractivity contribution in [3.8, 4) is 0 Å². The zero-order valence-corrected chi connectivity index (χ0v) is 9.14. The number of allylic oxidation sites excluding steroid dienone is 1. The Morgan fingerprint density at radius 3 is 2.53 bits per heavy atom. The van der Waals surface area contributed by atoms with Crippen LogP contribution in [0.3, 0.4) is 0 Å². The summed E-state index contributed by atoms with van der Waals surface area (Å²) >= 11 is 0. The first-order valence-electron chi connectivity index (χ1n) is 5.36. The summed E-state index contributed by atoms with van der Waals surface area (Å²) in [7, 11) is 0. The van der Waals surface area contributed by atoms with Gasteiger partial charge in [-0.05, 0) is 36.3 Å². The van der Waals surface area contributed by atoms with Crippen LogP contribution >= 0.6 is 0 Å². The molecule has 0 spiro atoms. The molecule has 1 aromatic rings. The van der Waals surface area contributed by atoms with Crippen LogP contribution in [0.2, 0.25) is 0 Å². The minimum absolute atomic E-state index is 0.217. The minimum atomic E-state index is -1.49. The largest absolute Gasteiger partial charge is 0.393 e. The maximum Gasteiger partial charge on any atom is 0.162 e. The molecule has 2 atom stereocenters. The van der Waals surface area contributed by atoms with Crippen LogP contribution in [0.25, 0.3) is 0 Å². The van der Waals surface area contributed by atoms with Gasteiger partial charge < -0.3 is 10.2 Å². The van der Waals surface area contributed by atoms with Gasteiger partial charge >= 0.3 is 0 Å². The van der Waals surface area contributed by atoms with Gasteiger partial charge in [-0.15, -0.1) is 0 Å². The number of ketones is 1. The molecule has 0 aromatic heterocycles. The number of aliphatic hydroxyl groups excluding tert-OH is 1. The van der Waals surface area contributed by atoms with E-state index in [0.717, 1.165) is 5.56 Å². The van der Waals surface area contributed by atoms with Crippen LogP contribution in [-0.4, -0.2) is 28.2 Å². The van der Waals surface area contributed by atoms with E-state index in [2.05, 4.69) is 0 Å². The number of carbonyl (C=O) groups is 1. The first kappa shape index (κ1) is 12.0. The standard InChI is InChI=1S/C13H13FO3/c14-10-3-1-9(2-4-10)7-11-12(16)5-6-13(11,17)8-15/h1-6,11,15,17H,7-8H2/t11?,13-/m1/s1. The highest BCUT2D eigenvalue weighted by atomic mass is 19.1. The van der Waals surface area contributed by atoms with E-state index in [1.54, 1.807) is 12.1 Å². The lowest BCUT2D eigenvalue weighted by molar-refractivity contribution is -0.124. The third-order valence-corrected chi connectivity index (χ3v) is 3.09. The lowest BCUT2D eigenvalue weighted by Crippen LogP contribution is -2.40. The number of halogens is 1. The van der Waals surface area contributed by atoms with Crippen molar-refractivity contribution in [1.29, 1.82) is 0 Å². The zero-order valence-electron chi connectivity index (χ0n) is 9.14. The highest BCUT2D eigenvalue weighted by Crippen LogP contribution is 2.29. The van der Waals surface area contributed by atoms with Crippen molar-refractivity contribution in [2.75, 3.05) is 6.61 Å².